The zero-order chi connectivity index (χ0) is 22.9. The Balaban J connectivity index is 1.45. The summed E-state index contributed by atoms with van der Waals surface area (Å²) in [4.78, 5) is 49.3. The molecule has 0 saturated carbocycles. The Morgan fingerprint density at radius 3 is 2.44 bits per heavy atom. The van der Waals surface area contributed by atoms with Gasteiger partial charge in [-0.2, -0.15) is 0 Å². The lowest BCUT2D eigenvalue weighted by atomic mass is 9.97. The van der Waals surface area contributed by atoms with Gasteiger partial charge in [-0.3, -0.25) is 14.4 Å². The number of rotatable bonds is 8. The number of esters is 1. The van der Waals surface area contributed by atoms with Gasteiger partial charge in [0.15, 0.2) is 6.61 Å². The summed E-state index contributed by atoms with van der Waals surface area (Å²) in [6.07, 6.45) is 4.62. The van der Waals surface area contributed by atoms with Gasteiger partial charge in [-0.1, -0.05) is 6.07 Å². The summed E-state index contributed by atoms with van der Waals surface area (Å²) in [6, 6.07) is 8.51. The van der Waals surface area contributed by atoms with Crippen LogP contribution in [0.15, 0.2) is 42.7 Å². The molecule has 0 aliphatic carbocycles. The first kappa shape index (κ1) is 23.2. The van der Waals surface area contributed by atoms with Crippen LogP contribution in [0.2, 0.25) is 0 Å². The van der Waals surface area contributed by atoms with Crippen LogP contribution in [-0.2, 0) is 14.3 Å². The average Bonchev–Trinajstić information content (AvgIpc) is 2.84. The van der Waals surface area contributed by atoms with Crippen LogP contribution in [0.5, 0.6) is 0 Å². The number of aromatic nitrogens is 2. The molecule has 32 heavy (non-hydrogen) atoms. The van der Waals surface area contributed by atoms with Crippen molar-refractivity contribution in [2.45, 2.75) is 26.7 Å². The normalized spacial score (nSPS) is 14.0. The fraction of sp³-hybridized carbons (Fsp3) is 0.435. The Hall–Kier alpha value is -3.49. The van der Waals surface area contributed by atoms with Gasteiger partial charge in [0.25, 0.3) is 11.8 Å². The number of amides is 2. The van der Waals surface area contributed by atoms with Gasteiger partial charge in [-0.05, 0) is 51.0 Å². The maximum Gasteiger partial charge on any atom is 0.309 e. The fourth-order valence-corrected chi connectivity index (χ4v) is 3.64. The van der Waals surface area contributed by atoms with Crippen LogP contribution in [-0.4, -0.2) is 65.4 Å². The number of carbonyl (C=O) groups excluding carboxylic acids is 3. The number of nitrogens with one attached hydrogen (secondary N) is 1. The summed E-state index contributed by atoms with van der Waals surface area (Å²) in [7, 11) is 0. The molecule has 1 N–H and O–H groups in total. The first-order valence-corrected chi connectivity index (χ1v) is 10.9. The maximum atomic E-state index is 12.5. The molecule has 3 rings (SSSR count). The number of ether oxygens (including phenoxy) is 1. The van der Waals surface area contributed by atoms with Crippen LogP contribution in [0.1, 0.15) is 37.0 Å². The number of carbonyl (C=O) groups is 3. The van der Waals surface area contributed by atoms with Crippen LogP contribution >= 0.6 is 0 Å². The van der Waals surface area contributed by atoms with E-state index < -0.39 is 5.91 Å². The number of benzene rings is 1. The van der Waals surface area contributed by atoms with E-state index in [-0.39, 0.29) is 24.4 Å². The monoisotopic (exact) mass is 439 g/mol. The summed E-state index contributed by atoms with van der Waals surface area (Å²) in [5, 5.41) is 2.69. The zero-order valence-electron chi connectivity index (χ0n) is 18.5. The molecule has 1 aromatic heterocycles. The summed E-state index contributed by atoms with van der Waals surface area (Å²) >= 11 is 0. The van der Waals surface area contributed by atoms with Crippen molar-refractivity contribution in [3.8, 4) is 0 Å². The lowest BCUT2D eigenvalue weighted by molar-refractivity contribution is -0.152. The van der Waals surface area contributed by atoms with E-state index in [2.05, 4.69) is 15.3 Å². The lowest BCUT2D eigenvalue weighted by Gasteiger charge is -2.30. The van der Waals surface area contributed by atoms with E-state index in [9.17, 15) is 14.4 Å². The van der Waals surface area contributed by atoms with Crippen LogP contribution < -0.4 is 10.2 Å². The molecule has 9 nitrogen and oxygen atoms in total. The van der Waals surface area contributed by atoms with Crippen LogP contribution in [0.3, 0.4) is 0 Å². The first-order valence-electron chi connectivity index (χ1n) is 10.9. The van der Waals surface area contributed by atoms with E-state index in [0.717, 1.165) is 0 Å². The molecule has 1 aliphatic heterocycles. The summed E-state index contributed by atoms with van der Waals surface area (Å²) in [5.74, 6) is -0.511. The molecule has 1 aromatic carbocycles. The van der Waals surface area contributed by atoms with E-state index in [4.69, 9.17) is 4.74 Å². The highest BCUT2D eigenvalue weighted by Crippen LogP contribution is 2.21. The van der Waals surface area contributed by atoms with E-state index in [1.54, 1.807) is 47.6 Å². The second-order valence-corrected chi connectivity index (χ2v) is 7.52. The van der Waals surface area contributed by atoms with Crippen molar-refractivity contribution in [2.75, 3.05) is 43.0 Å². The SMILES string of the molecule is CCN(CC)C(=O)c1cccc(NC(=O)COC(=O)C2CCN(c3ncccn3)CC2)c1. The third kappa shape index (κ3) is 6.03. The Kier molecular flexibility index (Phi) is 8.13. The molecular weight excluding hydrogens is 410 g/mol. The smallest absolute Gasteiger partial charge is 0.309 e. The Morgan fingerprint density at radius 1 is 1.09 bits per heavy atom. The fourth-order valence-electron chi connectivity index (χ4n) is 3.64. The standard InChI is InChI=1S/C23H29N5O4/c1-3-27(4-2)21(30)18-7-5-8-19(15-18)26-20(29)16-32-22(31)17-9-13-28(14-10-17)23-24-11-6-12-25-23/h5-8,11-12,15,17H,3-4,9-10,13-14,16H2,1-2H3,(H,26,29). The van der Waals surface area contributed by atoms with Gasteiger partial charge in [0.2, 0.25) is 5.95 Å². The molecule has 0 bridgehead atoms. The van der Waals surface area contributed by atoms with Gasteiger partial charge in [-0.25, -0.2) is 9.97 Å². The molecule has 0 atom stereocenters. The number of hydrogen-bond acceptors (Lipinski definition) is 7. The van der Waals surface area contributed by atoms with Gasteiger partial charge < -0.3 is 19.9 Å². The highest BCUT2D eigenvalue weighted by atomic mass is 16.5. The van der Waals surface area contributed by atoms with Crippen LogP contribution in [0, 0.1) is 5.92 Å². The largest absolute Gasteiger partial charge is 0.455 e. The number of hydrogen-bond donors (Lipinski definition) is 1. The number of anilines is 2. The van der Waals surface area contributed by atoms with Gasteiger partial charge in [0, 0.05) is 49.8 Å². The van der Waals surface area contributed by atoms with Crippen molar-refractivity contribution in [3.63, 3.8) is 0 Å². The molecule has 1 aliphatic rings. The molecule has 2 heterocycles. The average molecular weight is 440 g/mol. The number of piperidine rings is 1. The summed E-state index contributed by atoms with van der Waals surface area (Å²) in [6.45, 7) is 6.00. The minimum atomic E-state index is -0.444. The van der Waals surface area contributed by atoms with Crippen molar-refractivity contribution >= 4 is 29.4 Å². The second kappa shape index (κ2) is 11.2. The first-order chi connectivity index (χ1) is 15.5. The highest BCUT2D eigenvalue weighted by molar-refractivity contribution is 5.97. The molecule has 0 spiro atoms. The highest BCUT2D eigenvalue weighted by Gasteiger charge is 2.27. The predicted molar refractivity (Wildman–Crippen MR) is 120 cm³/mol. The van der Waals surface area contributed by atoms with Crippen molar-refractivity contribution < 1.29 is 19.1 Å². The number of nitrogens with zero attached hydrogens (tertiary/aromatic N) is 4. The summed E-state index contributed by atoms with van der Waals surface area (Å²) in [5.41, 5.74) is 0.984. The van der Waals surface area contributed by atoms with Gasteiger partial charge in [-0.15, -0.1) is 0 Å². The quantitative estimate of drug-likeness (QED) is 0.630. The van der Waals surface area contributed by atoms with E-state index in [1.165, 1.54) is 0 Å². The molecular formula is C23H29N5O4. The topological polar surface area (TPSA) is 105 Å². The molecule has 9 heteroatoms. The second-order valence-electron chi connectivity index (χ2n) is 7.52. The Morgan fingerprint density at radius 2 is 1.78 bits per heavy atom. The van der Waals surface area contributed by atoms with Crippen molar-refractivity contribution in [1.29, 1.82) is 0 Å². The third-order valence-electron chi connectivity index (χ3n) is 5.45. The van der Waals surface area contributed by atoms with E-state index >= 15 is 0 Å². The zero-order valence-corrected chi connectivity index (χ0v) is 18.5. The molecule has 2 aromatic rings. The van der Waals surface area contributed by atoms with Crippen LogP contribution in [0.4, 0.5) is 11.6 Å². The van der Waals surface area contributed by atoms with Gasteiger partial charge >= 0.3 is 5.97 Å². The van der Waals surface area contributed by atoms with Crippen molar-refractivity contribution in [2.24, 2.45) is 5.92 Å². The Bertz CT molecular complexity index is 925. The molecule has 170 valence electrons. The minimum absolute atomic E-state index is 0.0928. The van der Waals surface area contributed by atoms with E-state index in [1.807, 2.05) is 18.7 Å². The van der Waals surface area contributed by atoms with Gasteiger partial charge in [0.05, 0.1) is 5.92 Å². The predicted octanol–water partition coefficient (Wildman–Crippen LogP) is 2.36. The molecule has 0 radical (unpaired) electrons. The summed E-state index contributed by atoms with van der Waals surface area (Å²) < 4.78 is 5.23. The minimum Gasteiger partial charge on any atom is -0.455 e. The van der Waals surface area contributed by atoms with Crippen LogP contribution in [0.25, 0.3) is 0 Å². The third-order valence-corrected chi connectivity index (χ3v) is 5.45. The van der Waals surface area contributed by atoms with Gasteiger partial charge in [0.1, 0.15) is 0 Å². The maximum absolute atomic E-state index is 12.5. The molecule has 1 fully saturated rings. The van der Waals surface area contributed by atoms with Crippen molar-refractivity contribution in [3.05, 3.63) is 48.3 Å². The Labute approximate surface area is 187 Å². The van der Waals surface area contributed by atoms with E-state index in [0.29, 0.717) is 56.2 Å². The molecule has 0 unspecified atom stereocenters. The van der Waals surface area contributed by atoms with Crippen molar-refractivity contribution in [1.82, 2.24) is 14.9 Å². The molecule has 1 saturated heterocycles. The lowest BCUT2D eigenvalue weighted by Crippen LogP contribution is -2.38. The molecule has 2 amide bonds.